The van der Waals surface area contributed by atoms with Crippen molar-refractivity contribution in [3.63, 3.8) is 0 Å². The van der Waals surface area contributed by atoms with E-state index in [2.05, 4.69) is 14.7 Å². The molecule has 3 aromatic heterocycles. The monoisotopic (exact) mass is 397 g/mol. The van der Waals surface area contributed by atoms with Crippen molar-refractivity contribution in [2.45, 2.75) is 11.9 Å². The Bertz CT molecular complexity index is 1220. The minimum absolute atomic E-state index is 0.0484. The van der Waals surface area contributed by atoms with Crippen LogP contribution in [0.15, 0.2) is 60.0 Å². The number of hydrogen-bond donors (Lipinski definition) is 1. The molecule has 0 amide bonds. The van der Waals surface area contributed by atoms with Crippen molar-refractivity contribution in [1.29, 1.82) is 0 Å². The van der Waals surface area contributed by atoms with Crippen LogP contribution in [-0.4, -0.2) is 34.5 Å². The summed E-state index contributed by atoms with van der Waals surface area (Å²) in [6.45, 7) is 1.74. The molecule has 3 heterocycles. The van der Waals surface area contributed by atoms with E-state index in [0.717, 1.165) is 16.9 Å². The minimum Gasteiger partial charge on any atom is -0.495 e. The average molecular weight is 397 g/mol. The van der Waals surface area contributed by atoms with Gasteiger partial charge < -0.3 is 13.7 Å². The van der Waals surface area contributed by atoms with E-state index in [1.807, 2.05) is 41.1 Å². The number of aromatic nitrogens is 4. The maximum absolute atomic E-state index is 12.8. The predicted octanol–water partition coefficient (Wildman–Crippen LogP) is 2.85. The Kier molecular flexibility index (Phi) is 4.31. The molecule has 4 aromatic rings. The van der Waals surface area contributed by atoms with Gasteiger partial charge in [0.2, 0.25) is 0 Å². The van der Waals surface area contributed by atoms with Gasteiger partial charge >= 0.3 is 0 Å². The number of pyridine rings is 1. The SMILES string of the molecule is COc1ccc(-c2cn3ccccc3n2)cc1NS(=O)(=O)c1cn(C)c(C)n1. The highest BCUT2D eigenvalue weighted by Gasteiger charge is 2.21. The second-order valence-electron chi connectivity index (χ2n) is 6.35. The highest BCUT2D eigenvalue weighted by molar-refractivity contribution is 7.92. The normalized spacial score (nSPS) is 11.7. The van der Waals surface area contributed by atoms with Gasteiger partial charge in [-0.1, -0.05) is 6.07 Å². The third kappa shape index (κ3) is 3.20. The van der Waals surface area contributed by atoms with Crippen LogP contribution in [0.3, 0.4) is 0 Å². The number of fused-ring (bicyclic) bond motifs is 1. The van der Waals surface area contributed by atoms with Gasteiger partial charge in [-0.3, -0.25) is 4.72 Å². The number of benzene rings is 1. The number of methoxy groups -OCH3 is 1. The Morgan fingerprint density at radius 2 is 1.93 bits per heavy atom. The first kappa shape index (κ1) is 18.1. The summed E-state index contributed by atoms with van der Waals surface area (Å²) in [4.78, 5) is 8.68. The second kappa shape index (κ2) is 6.68. The summed E-state index contributed by atoms with van der Waals surface area (Å²) >= 11 is 0. The van der Waals surface area contributed by atoms with E-state index in [9.17, 15) is 8.42 Å². The molecule has 1 N–H and O–H groups in total. The summed E-state index contributed by atoms with van der Waals surface area (Å²) in [5, 5.41) is -0.0484. The summed E-state index contributed by atoms with van der Waals surface area (Å²) in [7, 11) is -0.628. The molecule has 0 saturated carbocycles. The van der Waals surface area contributed by atoms with E-state index in [1.165, 1.54) is 13.3 Å². The van der Waals surface area contributed by atoms with Crippen LogP contribution >= 0.6 is 0 Å². The molecular weight excluding hydrogens is 378 g/mol. The predicted molar refractivity (Wildman–Crippen MR) is 106 cm³/mol. The standard InChI is InChI=1S/C19H19N5O3S/c1-13-20-19(12-23(13)2)28(25,26)22-15-10-14(7-8-17(15)27-3)16-11-24-9-5-4-6-18(24)21-16/h4-12,22H,1-3H3. The van der Waals surface area contributed by atoms with Gasteiger partial charge in [0.15, 0.2) is 5.03 Å². The first-order chi connectivity index (χ1) is 13.4. The molecular formula is C19H19N5O3S. The number of nitrogens with one attached hydrogen (secondary N) is 1. The average Bonchev–Trinajstić information content (AvgIpc) is 3.25. The molecule has 0 aliphatic heterocycles. The van der Waals surface area contributed by atoms with Crippen molar-refractivity contribution in [2.75, 3.05) is 11.8 Å². The van der Waals surface area contributed by atoms with Crippen molar-refractivity contribution in [2.24, 2.45) is 7.05 Å². The van der Waals surface area contributed by atoms with Gasteiger partial charge in [-0.2, -0.15) is 8.42 Å². The fraction of sp³-hybridized carbons (Fsp3) is 0.158. The van der Waals surface area contributed by atoms with Crippen LogP contribution in [-0.2, 0) is 17.1 Å². The molecule has 0 atom stereocenters. The Balaban J connectivity index is 1.74. The molecule has 0 saturated heterocycles. The van der Waals surface area contributed by atoms with Gasteiger partial charge in [0.1, 0.15) is 17.2 Å². The van der Waals surface area contributed by atoms with Gasteiger partial charge in [0.25, 0.3) is 10.0 Å². The topological polar surface area (TPSA) is 90.5 Å². The number of hydrogen-bond acceptors (Lipinski definition) is 5. The number of anilines is 1. The molecule has 0 radical (unpaired) electrons. The van der Waals surface area contributed by atoms with Crippen molar-refractivity contribution < 1.29 is 13.2 Å². The second-order valence-corrected chi connectivity index (χ2v) is 7.98. The Morgan fingerprint density at radius 3 is 2.61 bits per heavy atom. The lowest BCUT2D eigenvalue weighted by atomic mass is 10.1. The summed E-state index contributed by atoms with van der Waals surface area (Å²) in [5.41, 5.74) is 2.61. The first-order valence-electron chi connectivity index (χ1n) is 8.52. The molecule has 8 nitrogen and oxygen atoms in total. The van der Waals surface area contributed by atoms with Crippen LogP contribution < -0.4 is 9.46 Å². The zero-order chi connectivity index (χ0) is 19.9. The van der Waals surface area contributed by atoms with Gasteiger partial charge in [0, 0.05) is 31.2 Å². The van der Waals surface area contributed by atoms with E-state index >= 15 is 0 Å². The highest BCUT2D eigenvalue weighted by atomic mass is 32.2. The number of ether oxygens (including phenoxy) is 1. The molecule has 0 aliphatic rings. The molecule has 0 unspecified atom stereocenters. The van der Waals surface area contributed by atoms with Gasteiger partial charge in [-0.05, 0) is 37.3 Å². The van der Waals surface area contributed by atoms with E-state index in [1.54, 1.807) is 30.7 Å². The summed E-state index contributed by atoms with van der Waals surface area (Å²) in [6.07, 6.45) is 5.26. The number of sulfonamides is 1. The van der Waals surface area contributed by atoms with E-state index < -0.39 is 10.0 Å². The lowest BCUT2D eigenvalue weighted by molar-refractivity contribution is 0.417. The largest absolute Gasteiger partial charge is 0.495 e. The summed E-state index contributed by atoms with van der Waals surface area (Å²) < 4.78 is 37.0. The van der Waals surface area contributed by atoms with Crippen molar-refractivity contribution in [1.82, 2.24) is 18.9 Å². The Morgan fingerprint density at radius 1 is 1.11 bits per heavy atom. The lowest BCUT2D eigenvalue weighted by Crippen LogP contribution is -2.14. The van der Waals surface area contributed by atoms with Crippen LogP contribution in [0.5, 0.6) is 5.75 Å². The smallest absolute Gasteiger partial charge is 0.281 e. The molecule has 9 heteroatoms. The molecule has 0 spiro atoms. The van der Waals surface area contributed by atoms with Gasteiger partial charge in [0.05, 0.1) is 18.5 Å². The van der Waals surface area contributed by atoms with Crippen LogP contribution in [0.2, 0.25) is 0 Å². The third-order valence-corrected chi connectivity index (χ3v) is 5.70. The first-order valence-corrected chi connectivity index (χ1v) is 10.0. The lowest BCUT2D eigenvalue weighted by Gasteiger charge is -2.12. The van der Waals surface area contributed by atoms with Crippen molar-refractivity contribution >= 4 is 21.4 Å². The molecule has 1 aromatic carbocycles. The molecule has 144 valence electrons. The van der Waals surface area contributed by atoms with Crippen molar-refractivity contribution in [3.8, 4) is 17.0 Å². The molecule has 0 aliphatic carbocycles. The molecule has 4 rings (SSSR count). The van der Waals surface area contributed by atoms with E-state index in [-0.39, 0.29) is 5.03 Å². The fourth-order valence-corrected chi connectivity index (χ4v) is 3.98. The molecule has 0 bridgehead atoms. The van der Waals surface area contributed by atoms with Gasteiger partial charge in [-0.15, -0.1) is 0 Å². The number of nitrogens with zero attached hydrogens (tertiary/aromatic N) is 4. The van der Waals surface area contributed by atoms with E-state index in [4.69, 9.17) is 4.74 Å². The van der Waals surface area contributed by atoms with E-state index in [0.29, 0.717) is 17.3 Å². The minimum atomic E-state index is -3.86. The molecule has 0 fully saturated rings. The Hall–Kier alpha value is -3.33. The maximum atomic E-state index is 12.8. The zero-order valence-corrected chi connectivity index (χ0v) is 16.4. The Labute approximate surface area is 162 Å². The summed E-state index contributed by atoms with van der Waals surface area (Å²) in [6, 6.07) is 11.0. The number of imidazole rings is 2. The zero-order valence-electron chi connectivity index (χ0n) is 15.6. The third-order valence-electron chi connectivity index (χ3n) is 4.47. The van der Waals surface area contributed by atoms with Crippen molar-refractivity contribution in [3.05, 3.63) is 60.8 Å². The van der Waals surface area contributed by atoms with Gasteiger partial charge in [-0.25, -0.2) is 9.97 Å². The maximum Gasteiger partial charge on any atom is 0.281 e. The quantitative estimate of drug-likeness (QED) is 0.559. The highest BCUT2D eigenvalue weighted by Crippen LogP contribution is 2.32. The summed E-state index contributed by atoms with van der Waals surface area (Å²) in [5.74, 6) is 1.01. The fourth-order valence-electron chi connectivity index (χ4n) is 2.87. The number of rotatable bonds is 5. The number of aryl methyl sites for hydroxylation is 2. The van der Waals surface area contributed by atoms with Crippen LogP contribution in [0, 0.1) is 6.92 Å². The van der Waals surface area contributed by atoms with Crippen LogP contribution in [0.25, 0.3) is 16.9 Å². The van der Waals surface area contributed by atoms with Crippen LogP contribution in [0.1, 0.15) is 5.82 Å². The van der Waals surface area contributed by atoms with Crippen LogP contribution in [0.4, 0.5) is 5.69 Å². The molecule has 28 heavy (non-hydrogen) atoms.